The van der Waals surface area contributed by atoms with Crippen molar-refractivity contribution in [3.05, 3.63) is 0 Å². The monoisotopic (exact) mass is 434 g/mol. The Kier molecular flexibility index (Phi) is 12.2. The van der Waals surface area contributed by atoms with Gasteiger partial charge in [0.15, 0.2) is 0 Å². The Morgan fingerprint density at radius 1 is 0.867 bits per heavy atom. The highest BCUT2D eigenvalue weighted by atomic mass is 16.4. The quantitative estimate of drug-likeness (QED) is 0.136. The lowest BCUT2D eigenvalue weighted by molar-refractivity contribution is -0.144. The number of carboxylic acid groups (broad SMARTS) is 2. The number of nitrogens with one attached hydrogen (secondary N) is 3. The molecule has 0 saturated heterocycles. The van der Waals surface area contributed by atoms with Gasteiger partial charge in [0.1, 0.15) is 24.2 Å². The molecule has 0 bridgehead atoms. The van der Waals surface area contributed by atoms with Crippen LogP contribution in [-0.2, 0) is 24.0 Å². The molecule has 3 amide bonds. The molecule has 0 radical (unpaired) electrons. The number of amides is 3. The van der Waals surface area contributed by atoms with Crippen LogP contribution in [-0.4, -0.2) is 87.5 Å². The third-order valence-electron chi connectivity index (χ3n) is 4.40. The van der Waals surface area contributed by atoms with Crippen LogP contribution in [0, 0.1) is 5.92 Å². The van der Waals surface area contributed by atoms with Crippen LogP contribution in [0.1, 0.15) is 33.1 Å². The van der Waals surface area contributed by atoms with Gasteiger partial charge in [0.25, 0.3) is 0 Å². The van der Waals surface area contributed by atoms with Crippen LogP contribution in [0.4, 0.5) is 0 Å². The summed E-state index contributed by atoms with van der Waals surface area (Å²) in [4.78, 5) is 58.9. The molecule has 0 fully saturated rings. The first-order chi connectivity index (χ1) is 14.0. The van der Waals surface area contributed by atoms with Crippen molar-refractivity contribution in [2.45, 2.75) is 57.3 Å². The number of aliphatic carboxylic acids is 2. The maximum atomic E-state index is 12.7. The van der Waals surface area contributed by atoms with E-state index in [9.17, 15) is 24.0 Å². The minimum absolute atomic E-state index is 0.359. The molecule has 5 atom stereocenters. The first-order valence-corrected chi connectivity index (χ1v) is 9.31. The van der Waals surface area contributed by atoms with Crippen LogP contribution in [0.3, 0.4) is 0 Å². The van der Waals surface area contributed by atoms with Crippen molar-refractivity contribution in [3.8, 4) is 0 Å². The number of carboxylic acids is 2. The maximum absolute atomic E-state index is 12.7. The van der Waals surface area contributed by atoms with Gasteiger partial charge in [-0.25, -0.2) is 4.79 Å². The average Bonchev–Trinajstić information content (AvgIpc) is 2.70. The Hall–Kier alpha value is -2.77. The summed E-state index contributed by atoms with van der Waals surface area (Å²) in [6.07, 6.45) is -0.419. The molecule has 0 rings (SSSR count). The third-order valence-corrected chi connectivity index (χ3v) is 4.40. The summed E-state index contributed by atoms with van der Waals surface area (Å²) < 4.78 is 0. The number of hydrogen-bond acceptors (Lipinski definition) is 8. The molecule has 0 aromatic heterocycles. The van der Waals surface area contributed by atoms with Crippen molar-refractivity contribution < 1.29 is 44.4 Å². The number of aliphatic hydroxyl groups is 2. The summed E-state index contributed by atoms with van der Waals surface area (Å²) in [6.45, 7) is 1.83. The number of rotatable bonds is 14. The maximum Gasteiger partial charge on any atom is 0.328 e. The molecule has 0 heterocycles. The molecule has 13 nitrogen and oxygen atoms in total. The van der Waals surface area contributed by atoms with Crippen LogP contribution in [0.5, 0.6) is 0 Å². The van der Waals surface area contributed by atoms with Crippen LogP contribution in [0.15, 0.2) is 0 Å². The summed E-state index contributed by atoms with van der Waals surface area (Å²) in [7, 11) is 0. The van der Waals surface area contributed by atoms with Gasteiger partial charge >= 0.3 is 11.9 Å². The van der Waals surface area contributed by atoms with E-state index < -0.39 is 79.4 Å². The van der Waals surface area contributed by atoms with Crippen molar-refractivity contribution >= 4 is 29.7 Å². The summed E-state index contributed by atoms with van der Waals surface area (Å²) >= 11 is 0. The SMILES string of the molecule is CCC(C)C(NC(=O)C(N)CO)C(=O)NC(CCC(=O)O)C(=O)NC(CO)C(=O)O. The number of hydrogen-bond donors (Lipinski definition) is 8. The van der Waals surface area contributed by atoms with E-state index in [1.165, 1.54) is 0 Å². The normalized spacial score (nSPS) is 15.8. The van der Waals surface area contributed by atoms with E-state index >= 15 is 0 Å². The molecular weight excluding hydrogens is 404 g/mol. The molecule has 9 N–H and O–H groups in total. The van der Waals surface area contributed by atoms with Crippen molar-refractivity contribution in [2.24, 2.45) is 11.7 Å². The van der Waals surface area contributed by atoms with Crippen molar-refractivity contribution in [2.75, 3.05) is 13.2 Å². The van der Waals surface area contributed by atoms with Crippen molar-refractivity contribution in [3.63, 3.8) is 0 Å². The van der Waals surface area contributed by atoms with Crippen LogP contribution in [0.2, 0.25) is 0 Å². The molecule has 0 aliphatic carbocycles. The third kappa shape index (κ3) is 9.15. The van der Waals surface area contributed by atoms with Gasteiger partial charge in [-0.3, -0.25) is 19.2 Å². The fraction of sp³-hybridized carbons (Fsp3) is 0.706. The van der Waals surface area contributed by atoms with E-state index in [0.717, 1.165) is 0 Å². The lowest BCUT2D eigenvalue weighted by Crippen LogP contribution is -2.59. The smallest absolute Gasteiger partial charge is 0.328 e. The molecule has 172 valence electrons. The van der Waals surface area contributed by atoms with Crippen LogP contribution >= 0.6 is 0 Å². The fourth-order valence-corrected chi connectivity index (χ4v) is 2.30. The zero-order chi connectivity index (χ0) is 23.4. The average molecular weight is 434 g/mol. The predicted molar refractivity (Wildman–Crippen MR) is 102 cm³/mol. The Balaban J connectivity index is 5.49. The minimum atomic E-state index is -1.64. The largest absolute Gasteiger partial charge is 0.481 e. The molecule has 0 spiro atoms. The molecule has 0 aliphatic rings. The Morgan fingerprint density at radius 2 is 1.43 bits per heavy atom. The molecule has 30 heavy (non-hydrogen) atoms. The highest BCUT2D eigenvalue weighted by molar-refractivity contribution is 5.94. The first-order valence-electron chi connectivity index (χ1n) is 9.31. The number of carbonyl (C=O) groups excluding carboxylic acids is 3. The van der Waals surface area contributed by atoms with Gasteiger partial charge in [-0.05, 0) is 12.3 Å². The fourth-order valence-electron chi connectivity index (χ4n) is 2.30. The highest BCUT2D eigenvalue weighted by Gasteiger charge is 2.32. The first kappa shape index (κ1) is 27.2. The van der Waals surface area contributed by atoms with Crippen molar-refractivity contribution in [1.29, 1.82) is 0 Å². The summed E-state index contributed by atoms with van der Waals surface area (Å²) in [5.41, 5.74) is 5.43. The second-order valence-corrected chi connectivity index (χ2v) is 6.74. The molecule has 13 heteroatoms. The van der Waals surface area contributed by atoms with E-state index in [0.29, 0.717) is 6.42 Å². The summed E-state index contributed by atoms with van der Waals surface area (Å²) in [5, 5.41) is 42.5. The van der Waals surface area contributed by atoms with E-state index in [2.05, 4.69) is 10.6 Å². The van der Waals surface area contributed by atoms with E-state index in [-0.39, 0.29) is 6.42 Å². The van der Waals surface area contributed by atoms with Gasteiger partial charge in [0, 0.05) is 6.42 Å². The number of carbonyl (C=O) groups is 5. The molecular formula is C17H30N4O9. The summed E-state index contributed by atoms with van der Waals surface area (Å²) in [6, 6.07) is -5.49. The van der Waals surface area contributed by atoms with E-state index in [4.69, 9.17) is 26.2 Å². The standard InChI is InChI=1S/C17H30N4O9/c1-3-8(2)13(21-14(26)9(18)6-22)16(28)19-10(4-5-12(24)25)15(27)20-11(7-23)17(29)30/h8-11,13,22-23H,3-7,18H2,1-2H3,(H,19,28)(H,20,27)(H,21,26)(H,24,25)(H,29,30). The van der Waals surface area contributed by atoms with Crippen LogP contribution < -0.4 is 21.7 Å². The van der Waals surface area contributed by atoms with Crippen LogP contribution in [0.25, 0.3) is 0 Å². The predicted octanol–water partition coefficient (Wildman–Crippen LogP) is -3.25. The number of aliphatic hydroxyl groups excluding tert-OH is 2. The van der Waals surface area contributed by atoms with Gasteiger partial charge in [-0.1, -0.05) is 20.3 Å². The lowest BCUT2D eigenvalue weighted by Gasteiger charge is -2.27. The van der Waals surface area contributed by atoms with Crippen molar-refractivity contribution in [1.82, 2.24) is 16.0 Å². The second kappa shape index (κ2) is 13.5. The highest BCUT2D eigenvalue weighted by Crippen LogP contribution is 2.10. The molecule has 0 saturated carbocycles. The zero-order valence-corrected chi connectivity index (χ0v) is 16.8. The zero-order valence-electron chi connectivity index (χ0n) is 16.8. The molecule has 0 aliphatic heterocycles. The minimum Gasteiger partial charge on any atom is -0.481 e. The molecule has 0 aromatic carbocycles. The Labute approximate surface area is 173 Å². The second-order valence-electron chi connectivity index (χ2n) is 6.74. The van der Waals surface area contributed by atoms with Gasteiger partial charge in [0.05, 0.1) is 13.2 Å². The van der Waals surface area contributed by atoms with Gasteiger partial charge < -0.3 is 42.1 Å². The Bertz CT molecular complexity index is 628. The van der Waals surface area contributed by atoms with Gasteiger partial charge in [-0.2, -0.15) is 0 Å². The molecule has 5 unspecified atom stereocenters. The lowest BCUT2D eigenvalue weighted by atomic mass is 9.97. The molecule has 0 aromatic rings. The van der Waals surface area contributed by atoms with Gasteiger partial charge in [-0.15, -0.1) is 0 Å². The summed E-state index contributed by atoms with van der Waals surface area (Å²) in [5.74, 6) is -5.80. The Morgan fingerprint density at radius 3 is 1.87 bits per heavy atom. The topological polar surface area (TPSA) is 228 Å². The van der Waals surface area contributed by atoms with E-state index in [1.54, 1.807) is 13.8 Å². The van der Waals surface area contributed by atoms with E-state index in [1.807, 2.05) is 5.32 Å². The van der Waals surface area contributed by atoms with Gasteiger partial charge in [0.2, 0.25) is 17.7 Å². The number of nitrogens with two attached hydrogens (primary N) is 1.